The van der Waals surface area contributed by atoms with E-state index in [-0.39, 0.29) is 23.1 Å². The van der Waals surface area contributed by atoms with Crippen LogP contribution in [0.4, 0.5) is 14.5 Å². The van der Waals surface area contributed by atoms with Gasteiger partial charge >= 0.3 is 6.61 Å². The van der Waals surface area contributed by atoms with Gasteiger partial charge in [-0.25, -0.2) is 0 Å². The molecule has 0 aliphatic carbocycles. The number of halogens is 2. The van der Waals surface area contributed by atoms with Gasteiger partial charge < -0.3 is 14.4 Å². The van der Waals surface area contributed by atoms with Crippen molar-refractivity contribution in [3.05, 3.63) is 53.6 Å². The second kappa shape index (κ2) is 8.60. The highest BCUT2D eigenvalue weighted by molar-refractivity contribution is 6.54. The van der Waals surface area contributed by atoms with Gasteiger partial charge in [-0.15, -0.1) is 5.10 Å². The van der Waals surface area contributed by atoms with Crippen LogP contribution in [0.2, 0.25) is 0 Å². The standard InChI is InChI=1S/C20H19F2N3O3/c1-3-10-25-15-7-5-4-6-14(15)18(19(25)26)24-23-12-13-8-9-16(28-20(21)22)17(11-13)27-2/h4-9,11-12,20H,3,10H2,1-2H3/b23-12-,24-18+. The summed E-state index contributed by atoms with van der Waals surface area (Å²) in [6.07, 6.45) is 2.24. The van der Waals surface area contributed by atoms with Gasteiger partial charge in [0, 0.05) is 12.1 Å². The number of methoxy groups -OCH3 is 1. The van der Waals surface area contributed by atoms with Gasteiger partial charge in [0.05, 0.1) is 19.0 Å². The van der Waals surface area contributed by atoms with Crippen molar-refractivity contribution >= 4 is 23.5 Å². The number of nitrogens with zero attached hydrogens (tertiary/aromatic N) is 3. The van der Waals surface area contributed by atoms with Crippen molar-refractivity contribution in [3.8, 4) is 11.5 Å². The van der Waals surface area contributed by atoms with E-state index in [4.69, 9.17) is 4.74 Å². The summed E-state index contributed by atoms with van der Waals surface area (Å²) in [4.78, 5) is 14.3. The lowest BCUT2D eigenvalue weighted by molar-refractivity contribution is -0.112. The third-order valence-corrected chi connectivity index (χ3v) is 4.11. The molecule has 1 amide bonds. The number of anilines is 1. The third-order valence-electron chi connectivity index (χ3n) is 4.11. The number of amides is 1. The number of alkyl halides is 2. The average molecular weight is 387 g/mol. The lowest BCUT2D eigenvalue weighted by Crippen LogP contribution is -2.30. The molecule has 146 valence electrons. The molecule has 2 aromatic rings. The summed E-state index contributed by atoms with van der Waals surface area (Å²) < 4.78 is 34.2. The summed E-state index contributed by atoms with van der Waals surface area (Å²) in [6.45, 7) is -0.348. The van der Waals surface area contributed by atoms with Crippen molar-refractivity contribution in [1.82, 2.24) is 0 Å². The first-order chi connectivity index (χ1) is 13.5. The topological polar surface area (TPSA) is 63.5 Å². The number of hydrogen-bond donors (Lipinski definition) is 0. The highest BCUT2D eigenvalue weighted by atomic mass is 19.3. The van der Waals surface area contributed by atoms with Gasteiger partial charge in [-0.2, -0.15) is 13.9 Å². The number of benzene rings is 2. The second-order valence-electron chi connectivity index (χ2n) is 5.96. The van der Waals surface area contributed by atoms with Crippen molar-refractivity contribution < 1.29 is 23.0 Å². The van der Waals surface area contributed by atoms with Crippen LogP contribution in [0.3, 0.4) is 0 Å². The number of hydrogen-bond acceptors (Lipinski definition) is 5. The van der Waals surface area contributed by atoms with Gasteiger partial charge in [-0.3, -0.25) is 4.79 Å². The molecular weight excluding hydrogens is 368 g/mol. The monoisotopic (exact) mass is 387 g/mol. The van der Waals surface area contributed by atoms with Crippen LogP contribution in [-0.2, 0) is 4.79 Å². The van der Waals surface area contributed by atoms with E-state index in [0.717, 1.165) is 17.7 Å². The van der Waals surface area contributed by atoms with Crippen LogP contribution >= 0.6 is 0 Å². The molecule has 0 saturated carbocycles. The molecule has 8 heteroatoms. The maximum Gasteiger partial charge on any atom is 0.387 e. The van der Waals surface area contributed by atoms with Crippen molar-refractivity contribution in [1.29, 1.82) is 0 Å². The Labute approximate surface area is 161 Å². The van der Waals surface area contributed by atoms with Crippen molar-refractivity contribution in [2.75, 3.05) is 18.6 Å². The Hall–Kier alpha value is -3.29. The fourth-order valence-corrected chi connectivity index (χ4v) is 2.92. The molecule has 0 atom stereocenters. The molecule has 0 N–H and O–H groups in total. The summed E-state index contributed by atoms with van der Waals surface area (Å²) in [7, 11) is 1.35. The van der Waals surface area contributed by atoms with Crippen LogP contribution in [0, 0.1) is 0 Å². The Morgan fingerprint density at radius 2 is 1.96 bits per heavy atom. The Kier molecular flexibility index (Phi) is 5.98. The average Bonchev–Trinajstić information content (AvgIpc) is 2.95. The van der Waals surface area contributed by atoms with Gasteiger partial charge in [0.15, 0.2) is 17.2 Å². The van der Waals surface area contributed by atoms with Crippen LogP contribution in [0.15, 0.2) is 52.7 Å². The van der Waals surface area contributed by atoms with E-state index in [1.807, 2.05) is 31.2 Å². The predicted octanol–water partition coefficient (Wildman–Crippen LogP) is 3.88. The first kappa shape index (κ1) is 19.5. The summed E-state index contributed by atoms with van der Waals surface area (Å²) in [5.41, 5.74) is 2.38. The summed E-state index contributed by atoms with van der Waals surface area (Å²) in [6, 6.07) is 11.8. The maximum atomic E-state index is 12.7. The quantitative estimate of drug-likeness (QED) is 0.535. The van der Waals surface area contributed by atoms with Gasteiger partial charge in [0.2, 0.25) is 0 Å². The fraction of sp³-hybridized carbons (Fsp3) is 0.250. The van der Waals surface area contributed by atoms with Crippen molar-refractivity contribution in [3.63, 3.8) is 0 Å². The molecule has 0 fully saturated rings. The molecule has 0 aromatic heterocycles. The number of para-hydroxylation sites is 1. The van der Waals surface area contributed by atoms with Crippen molar-refractivity contribution in [2.24, 2.45) is 10.2 Å². The summed E-state index contributed by atoms with van der Waals surface area (Å²) in [5.74, 6) is -0.122. The summed E-state index contributed by atoms with van der Waals surface area (Å²) >= 11 is 0. The zero-order chi connectivity index (χ0) is 20.1. The van der Waals surface area contributed by atoms with Gasteiger partial charge in [0.1, 0.15) is 0 Å². The summed E-state index contributed by atoms with van der Waals surface area (Å²) in [5, 5.41) is 8.11. The molecule has 1 aliphatic heterocycles. The van der Waals surface area contributed by atoms with Crippen LogP contribution in [0.5, 0.6) is 11.5 Å². The Bertz CT molecular complexity index is 929. The van der Waals surface area contributed by atoms with E-state index < -0.39 is 6.61 Å². The Morgan fingerprint density at radius 1 is 1.18 bits per heavy atom. The molecule has 0 unspecified atom stereocenters. The smallest absolute Gasteiger partial charge is 0.387 e. The molecule has 28 heavy (non-hydrogen) atoms. The van der Waals surface area contributed by atoms with Gasteiger partial charge in [-0.1, -0.05) is 25.1 Å². The molecule has 1 aliphatic rings. The molecule has 1 heterocycles. The number of ether oxygens (including phenoxy) is 2. The van der Waals surface area contributed by atoms with Crippen molar-refractivity contribution in [2.45, 2.75) is 20.0 Å². The lowest BCUT2D eigenvalue weighted by Gasteiger charge is -2.14. The van der Waals surface area contributed by atoms with E-state index in [2.05, 4.69) is 14.9 Å². The number of carbonyl (C=O) groups is 1. The number of fused-ring (bicyclic) bond motifs is 1. The first-order valence-electron chi connectivity index (χ1n) is 8.70. The minimum absolute atomic E-state index is 0.0731. The largest absolute Gasteiger partial charge is 0.493 e. The van der Waals surface area contributed by atoms with Crippen LogP contribution in [0.1, 0.15) is 24.5 Å². The molecule has 0 radical (unpaired) electrons. The highest BCUT2D eigenvalue weighted by Gasteiger charge is 2.33. The van der Waals surface area contributed by atoms with Crippen LogP contribution in [-0.4, -0.2) is 38.1 Å². The van der Waals surface area contributed by atoms with E-state index in [9.17, 15) is 13.6 Å². The molecule has 0 saturated heterocycles. The van der Waals surface area contributed by atoms with E-state index >= 15 is 0 Å². The minimum Gasteiger partial charge on any atom is -0.493 e. The maximum absolute atomic E-state index is 12.7. The Balaban J connectivity index is 1.85. The predicted molar refractivity (Wildman–Crippen MR) is 103 cm³/mol. The zero-order valence-electron chi connectivity index (χ0n) is 15.4. The van der Waals surface area contributed by atoms with E-state index in [1.165, 1.54) is 31.5 Å². The van der Waals surface area contributed by atoms with Gasteiger partial charge in [-0.05, 0) is 36.2 Å². The SMILES string of the molecule is CCCN1C(=O)/C(=N/N=C\c2ccc(OC(F)F)c(OC)c2)c2ccccc21. The highest BCUT2D eigenvalue weighted by Crippen LogP contribution is 2.30. The molecule has 3 rings (SSSR count). The van der Waals surface area contributed by atoms with Crippen LogP contribution in [0.25, 0.3) is 0 Å². The first-order valence-corrected chi connectivity index (χ1v) is 8.70. The number of rotatable bonds is 7. The molecule has 0 spiro atoms. The third kappa shape index (κ3) is 4.00. The van der Waals surface area contributed by atoms with E-state index in [1.54, 1.807) is 4.90 Å². The fourth-order valence-electron chi connectivity index (χ4n) is 2.92. The molecular formula is C20H19F2N3O3. The zero-order valence-corrected chi connectivity index (χ0v) is 15.4. The van der Waals surface area contributed by atoms with Crippen LogP contribution < -0.4 is 14.4 Å². The molecule has 2 aromatic carbocycles. The molecule has 6 nitrogen and oxygen atoms in total. The van der Waals surface area contributed by atoms with E-state index in [0.29, 0.717) is 12.1 Å². The lowest BCUT2D eigenvalue weighted by atomic mass is 10.1. The normalized spacial score (nSPS) is 15.0. The molecule has 0 bridgehead atoms. The number of carbonyl (C=O) groups excluding carboxylic acids is 1. The Morgan fingerprint density at radius 3 is 2.68 bits per heavy atom. The van der Waals surface area contributed by atoms with Gasteiger partial charge in [0.25, 0.3) is 5.91 Å². The second-order valence-corrected chi connectivity index (χ2v) is 5.96. The minimum atomic E-state index is -2.95.